The van der Waals surface area contributed by atoms with Gasteiger partial charge in [-0.2, -0.15) is 0 Å². The Morgan fingerprint density at radius 2 is 1.91 bits per heavy atom. The summed E-state index contributed by atoms with van der Waals surface area (Å²) in [5.74, 6) is 0.969. The highest BCUT2D eigenvalue weighted by Crippen LogP contribution is 2.08. The Bertz CT molecular complexity index is 662. The largest absolute Gasteiger partial charge is 0.484 e. The third-order valence-corrected chi connectivity index (χ3v) is 2.60. The third-order valence-electron chi connectivity index (χ3n) is 2.60. The minimum Gasteiger partial charge on any atom is -0.484 e. The Balaban J connectivity index is 1.69. The van der Waals surface area contributed by atoms with Crippen LogP contribution in [0, 0.1) is 6.92 Å². The van der Waals surface area contributed by atoms with Gasteiger partial charge in [-0.15, -0.1) is 0 Å². The minimum atomic E-state index is -0.470. The van der Waals surface area contributed by atoms with Crippen LogP contribution in [0.1, 0.15) is 11.5 Å². The molecule has 1 aromatic carbocycles. The van der Waals surface area contributed by atoms with Gasteiger partial charge in [0, 0.05) is 6.08 Å². The van der Waals surface area contributed by atoms with Crippen LogP contribution in [0.25, 0.3) is 6.08 Å². The van der Waals surface area contributed by atoms with E-state index in [1.807, 2.05) is 13.0 Å². The van der Waals surface area contributed by atoms with E-state index in [1.54, 1.807) is 36.4 Å². The molecular weight excluding hydrogens is 284 g/mol. The van der Waals surface area contributed by atoms with Gasteiger partial charge in [-0.3, -0.25) is 20.4 Å². The molecule has 2 amide bonds. The number of ether oxygens (including phenoxy) is 1. The number of rotatable bonds is 5. The van der Waals surface area contributed by atoms with E-state index in [-0.39, 0.29) is 6.61 Å². The van der Waals surface area contributed by atoms with E-state index in [1.165, 1.54) is 12.2 Å². The molecule has 0 atom stereocenters. The summed E-state index contributed by atoms with van der Waals surface area (Å²) < 4.78 is 10.5. The standard InChI is InChI=1S/C16H16N2O4/c1-12-7-8-14(22-12)9-10-15(19)17-18-16(20)11-21-13-5-3-2-4-6-13/h2-10H,11H2,1H3,(H,17,19)(H,18,20)/b10-9+. The van der Waals surface area contributed by atoms with Gasteiger partial charge in [0.25, 0.3) is 11.8 Å². The average molecular weight is 300 g/mol. The Labute approximate surface area is 127 Å². The number of nitrogens with one attached hydrogen (secondary N) is 2. The van der Waals surface area contributed by atoms with E-state index in [9.17, 15) is 9.59 Å². The van der Waals surface area contributed by atoms with Crippen molar-refractivity contribution < 1.29 is 18.7 Å². The second-order valence-electron chi connectivity index (χ2n) is 4.42. The molecule has 0 aliphatic carbocycles. The molecule has 1 aromatic heterocycles. The molecule has 6 heteroatoms. The molecule has 0 unspecified atom stereocenters. The molecule has 2 rings (SSSR count). The molecule has 6 nitrogen and oxygen atoms in total. The molecule has 0 fully saturated rings. The molecule has 0 saturated carbocycles. The van der Waals surface area contributed by atoms with Gasteiger partial charge in [0.1, 0.15) is 17.3 Å². The average Bonchev–Trinajstić information content (AvgIpc) is 2.95. The predicted octanol–water partition coefficient (Wildman–Crippen LogP) is 1.83. The Kier molecular flexibility index (Phi) is 5.37. The fraction of sp³-hybridized carbons (Fsp3) is 0.125. The van der Waals surface area contributed by atoms with Gasteiger partial charge in [-0.1, -0.05) is 18.2 Å². The van der Waals surface area contributed by atoms with Crippen LogP contribution in [0.3, 0.4) is 0 Å². The summed E-state index contributed by atoms with van der Waals surface area (Å²) in [6, 6.07) is 12.5. The van der Waals surface area contributed by atoms with Crippen LogP contribution in [0.2, 0.25) is 0 Å². The number of hydrazine groups is 1. The van der Waals surface area contributed by atoms with Crippen LogP contribution in [0.4, 0.5) is 0 Å². The highest BCUT2D eigenvalue weighted by Gasteiger charge is 2.03. The topological polar surface area (TPSA) is 80.6 Å². The molecule has 0 aliphatic rings. The zero-order valence-electron chi connectivity index (χ0n) is 12.0. The summed E-state index contributed by atoms with van der Waals surface area (Å²) in [5.41, 5.74) is 4.50. The lowest BCUT2D eigenvalue weighted by Crippen LogP contribution is -2.43. The van der Waals surface area contributed by atoms with Crippen molar-refractivity contribution in [3.05, 3.63) is 60.1 Å². The van der Waals surface area contributed by atoms with Gasteiger partial charge < -0.3 is 9.15 Å². The first-order valence-corrected chi connectivity index (χ1v) is 6.64. The van der Waals surface area contributed by atoms with Crippen molar-refractivity contribution in [2.24, 2.45) is 0 Å². The van der Waals surface area contributed by atoms with Gasteiger partial charge in [0.2, 0.25) is 0 Å². The number of carbonyl (C=O) groups is 2. The zero-order valence-corrected chi connectivity index (χ0v) is 12.0. The number of benzene rings is 1. The maximum Gasteiger partial charge on any atom is 0.276 e. The third kappa shape index (κ3) is 5.16. The van der Waals surface area contributed by atoms with Crippen LogP contribution < -0.4 is 15.6 Å². The van der Waals surface area contributed by atoms with E-state index >= 15 is 0 Å². The second kappa shape index (κ2) is 7.68. The van der Waals surface area contributed by atoms with Gasteiger partial charge in [-0.05, 0) is 37.3 Å². The van der Waals surface area contributed by atoms with Gasteiger partial charge in [-0.25, -0.2) is 0 Å². The number of hydrogen-bond donors (Lipinski definition) is 2. The first-order chi connectivity index (χ1) is 10.6. The summed E-state index contributed by atoms with van der Waals surface area (Å²) in [7, 11) is 0. The van der Waals surface area contributed by atoms with Gasteiger partial charge in [0.05, 0.1) is 0 Å². The quantitative estimate of drug-likeness (QED) is 0.652. The fourth-order valence-corrected chi connectivity index (χ4v) is 1.58. The Morgan fingerprint density at radius 3 is 2.59 bits per heavy atom. The maximum absolute atomic E-state index is 11.5. The van der Waals surface area contributed by atoms with Crippen molar-refractivity contribution in [3.8, 4) is 5.75 Å². The first-order valence-electron chi connectivity index (χ1n) is 6.64. The van der Waals surface area contributed by atoms with E-state index in [2.05, 4.69) is 10.9 Å². The highest BCUT2D eigenvalue weighted by molar-refractivity contribution is 5.92. The van der Waals surface area contributed by atoms with E-state index < -0.39 is 11.8 Å². The zero-order chi connectivity index (χ0) is 15.8. The molecular formula is C16H16N2O4. The number of carbonyl (C=O) groups excluding carboxylic acids is 2. The fourth-order valence-electron chi connectivity index (χ4n) is 1.58. The van der Waals surface area contributed by atoms with Crippen molar-refractivity contribution in [2.75, 3.05) is 6.61 Å². The molecule has 1 heterocycles. The van der Waals surface area contributed by atoms with Crippen LogP contribution in [0.15, 0.2) is 53.0 Å². The van der Waals surface area contributed by atoms with Crippen molar-refractivity contribution in [1.29, 1.82) is 0 Å². The maximum atomic E-state index is 11.5. The molecule has 0 radical (unpaired) electrons. The number of amides is 2. The highest BCUT2D eigenvalue weighted by atomic mass is 16.5. The van der Waals surface area contributed by atoms with Crippen molar-refractivity contribution in [1.82, 2.24) is 10.9 Å². The van der Waals surface area contributed by atoms with Crippen LogP contribution in [-0.4, -0.2) is 18.4 Å². The number of para-hydroxylation sites is 1. The first kappa shape index (κ1) is 15.4. The monoisotopic (exact) mass is 300 g/mol. The summed E-state index contributed by atoms with van der Waals surface area (Å²) in [5, 5.41) is 0. The van der Waals surface area contributed by atoms with Gasteiger partial charge >= 0.3 is 0 Å². The van der Waals surface area contributed by atoms with Crippen molar-refractivity contribution in [2.45, 2.75) is 6.92 Å². The molecule has 2 aromatic rings. The Morgan fingerprint density at radius 1 is 1.14 bits per heavy atom. The smallest absolute Gasteiger partial charge is 0.276 e. The van der Waals surface area contributed by atoms with Gasteiger partial charge in [0.15, 0.2) is 6.61 Å². The van der Waals surface area contributed by atoms with Crippen LogP contribution in [-0.2, 0) is 9.59 Å². The summed E-state index contributed by atoms with van der Waals surface area (Å²) in [6.45, 7) is 1.62. The van der Waals surface area contributed by atoms with E-state index in [0.29, 0.717) is 11.5 Å². The molecule has 114 valence electrons. The molecule has 0 aliphatic heterocycles. The second-order valence-corrected chi connectivity index (χ2v) is 4.42. The van der Waals surface area contributed by atoms with Crippen LogP contribution in [0.5, 0.6) is 5.75 Å². The number of furan rings is 1. The lowest BCUT2D eigenvalue weighted by molar-refractivity contribution is -0.128. The molecule has 0 bridgehead atoms. The SMILES string of the molecule is Cc1ccc(/C=C/C(=O)NNC(=O)COc2ccccc2)o1. The van der Waals surface area contributed by atoms with E-state index in [0.717, 1.165) is 5.76 Å². The summed E-state index contributed by atoms with van der Waals surface area (Å²) in [6.07, 6.45) is 2.77. The summed E-state index contributed by atoms with van der Waals surface area (Å²) >= 11 is 0. The molecule has 22 heavy (non-hydrogen) atoms. The summed E-state index contributed by atoms with van der Waals surface area (Å²) in [4.78, 5) is 23.0. The van der Waals surface area contributed by atoms with Crippen LogP contribution >= 0.6 is 0 Å². The minimum absolute atomic E-state index is 0.189. The normalized spacial score (nSPS) is 10.4. The lowest BCUT2D eigenvalue weighted by Gasteiger charge is -2.07. The van der Waals surface area contributed by atoms with E-state index in [4.69, 9.17) is 9.15 Å². The Hall–Kier alpha value is -3.02. The molecule has 2 N–H and O–H groups in total. The predicted molar refractivity (Wildman–Crippen MR) is 80.7 cm³/mol. The van der Waals surface area contributed by atoms with Crippen molar-refractivity contribution >= 4 is 17.9 Å². The number of hydrogen-bond acceptors (Lipinski definition) is 4. The molecule has 0 saturated heterocycles. The number of aryl methyl sites for hydroxylation is 1. The lowest BCUT2D eigenvalue weighted by atomic mass is 10.3. The van der Waals surface area contributed by atoms with Crippen molar-refractivity contribution in [3.63, 3.8) is 0 Å². The molecule has 0 spiro atoms.